The summed E-state index contributed by atoms with van der Waals surface area (Å²) in [6.45, 7) is 2.17. The maximum Gasteiger partial charge on any atom is 0.102 e. The van der Waals surface area contributed by atoms with E-state index in [4.69, 9.17) is 4.98 Å². The standard InChI is InChI=1S/C64H39N7/c1-39-58(70-54-26-14-10-22-48(54)61-56(70)30-28-46-44-20-8-12-24-52(44)68(63(46)61)41-16-4-2-5-17-41)34-59(50(35-65)60(39)51-38-67-37-40-36-66-33-32-43(40)51)71-55-27-15-11-23-49(55)62-57(71)31-29-47-45-21-9-13-25-53(45)69(64(47)62)42-18-6-3-7-19-42/h2-34,36-38H,1H3. The molecule has 7 nitrogen and oxygen atoms in total. The molecule has 15 aromatic rings. The Morgan fingerprint density at radius 3 is 1.39 bits per heavy atom. The van der Waals surface area contributed by atoms with Crippen molar-refractivity contribution >= 4 is 98.0 Å². The number of fused-ring (bicyclic) bond motifs is 15. The van der Waals surface area contributed by atoms with Gasteiger partial charge in [-0.3, -0.25) is 9.97 Å². The van der Waals surface area contributed by atoms with Gasteiger partial charge in [0.15, 0.2) is 0 Å². The van der Waals surface area contributed by atoms with Gasteiger partial charge in [0.1, 0.15) is 6.07 Å². The molecular weight excluding hydrogens is 867 g/mol. The second kappa shape index (κ2) is 14.9. The summed E-state index contributed by atoms with van der Waals surface area (Å²) in [7, 11) is 0. The number of hydrogen-bond donors (Lipinski definition) is 0. The Hall–Kier alpha value is -9.77. The maximum absolute atomic E-state index is 11.8. The highest BCUT2D eigenvalue weighted by Gasteiger charge is 2.28. The van der Waals surface area contributed by atoms with Crippen LogP contribution in [0.5, 0.6) is 0 Å². The molecule has 0 aliphatic heterocycles. The van der Waals surface area contributed by atoms with Crippen LogP contribution in [0.25, 0.3) is 132 Å². The number of aromatic nitrogens is 6. The van der Waals surface area contributed by atoms with Crippen molar-refractivity contribution in [1.82, 2.24) is 28.2 Å². The summed E-state index contributed by atoms with van der Waals surface area (Å²) in [6, 6.07) is 72.4. The number of pyridine rings is 2. The van der Waals surface area contributed by atoms with Crippen LogP contribution in [-0.4, -0.2) is 28.2 Å². The van der Waals surface area contributed by atoms with Gasteiger partial charge in [-0.05, 0) is 90.7 Å². The summed E-state index contributed by atoms with van der Waals surface area (Å²) in [4.78, 5) is 9.30. The van der Waals surface area contributed by atoms with E-state index in [1.165, 1.54) is 21.5 Å². The molecule has 0 radical (unpaired) electrons. The fourth-order valence-corrected chi connectivity index (χ4v) is 12.1. The normalized spacial score (nSPS) is 12.0. The van der Waals surface area contributed by atoms with Crippen molar-refractivity contribution in [2.45, 2.75) is 6.92 Å². The number of nitriles is 1. The first-order chi connectivity index (χ1) is 35.2. The smallest absolute Gasteiger partial charge is 0.102 e. The number of benzene rings is 9. The molecule has 7 heteroatoms. The average Bonchev–Trinajstić information content (AvgIpc) is 4.16. The van der Waals surface area contributed by atoms with Crippen molar-refractivity contribution in [2.24, 2.45) is 0 Å². The van der Waals surface area contributed by atoms with Crippen molar-refractivity contribution < 1.29 is 0 Å². The van der Waals surface area contributed by atoms with Gasteiger partial charge < -0.3 is 18.3 Å². The first-order valence-corrected chi connectivity index (χ1v) is 24.0. The van der Waals surface area contributed by atoms with Gasteiger partial charge >= 0.3 is 0 Å². The van der Waals surface area contributed by atoms with Crippen LogP contribution < -0.4 is 0 Å². The van der Waals surface area contributed by atoms with E-state index in [1.807, 2.05) is 30.9 Å². The van der Waals surface area contributed by atoms with Gasteiger partial charge in [-0.1, -0.05) is 121 Å². The van der Waals surface area contributed by atoms with E-state index in [9.17, 15) is 5.26 Å². The second-order valence-corrected chi connectivity index (χ2v) is 18.5. The molecule has 0 amide bonds. The molecule has 71 heavy (non-hydrogen) atoms. The lowest BCUT2D eigenvalue weighted by Crippen LogP contribution is -2.07. The average molecular weight is 906 g/mol. The molecule has 0 aliphatic carbocycles. The lowest BCUT2D eigenvalue weighted by molar-refractivity contribution is 1.11. The van der Waals surface area contributed by atoms with E-state index in [-0.39, 0.29) is 0 Å². The number of hydrogen-bond acceptors (Lipinski definition) is 3. The third-order valence-corrected chi connectivity index (χ3v) is 14.9. The highest BCUT2D eigenvalue weighted by atomic mass is 15.0. The van der Waals surface area contributed by atoms with Gasteiger partial charge in [0.2, 0.25) is 0 Å². The zero-order valence-corrected chi connectivity index (χ0v) is 38.4. The lowest BCUT2D eigenvalue weighted by Gasteiger charge is -2.22. The number of para-hydroxylation sites is 6. The molecule has 6 aromatic heterocycles. The zero-order chi connectivity index (χ0) is 46.9. The summed E-state index contributed by atoms with van der Waals surface area (Å²) in [6.07, 6.45) is 7.45. The number of nitrogens with zero attached hydrogens (tertiary/aromatic N) is 7. The predicted octanol–water partition coefficient (Wildman–Crippen LogP) is 15.9. The third kappa shape index (κ3) is 5.36. The largest absolute Gasteiger partial charge is 0.309 e. The molecule has 0 saturated carbocycles. The Labute approximate surface area is 406 Å². The quantitative estimate of drug-likeness (QED) is 0.173. The van der Waals surface area contributed by atoms with Crippen LogP contribution >= 0.6 is 0 Å². The van der Waals surface area contributed by atoms with Gasteiger partial charge in [-0.2, -0.15) is 5.26 Å². The van der Waals surface area contributed by atoms with Crippen LogP contribution in [-0.2, 0) is 0 Å². The van der Waals surface area contributed by atoms with Crippen LogP contribution in [0.1, 0.15) is 11.1 Å². The van der Waals surface area contributed by atoms with Crippen molar-refractivity contribution in [3.8, 4) is 39.9 Å². The van der Waals surface area contributed by atoms with Gasteiger partial charge in [0, 0.05) is 95.8 Å². The van der Waals surface area contributed by atoms with Crippen molar-refractivity contribution in [3.63, 3.8) is 0 Å². The zero-order valence-electron chi connectivity index (χ0n) is 38.4. The Morgan fingerprint density at radius 1 is 0.394 bits per heavy atom. The number of rotatable bonds is 5. The Balaban J connectivity index is 1.13. The minimum Gasteiger partial charge on any atom is -0.309 e. The summed E-state index contributed by atoms with van der Waals surface area (Å²) < 4.78 is 9.60. The first kappa shape index (κ1) is 39.2. The maximum atomic E-state index is 11.8. The molecular formula is C64H39N7. The molecule has 0 atom stereocenters. The molecule has 0 saturated heterocycles. The van der Waals surface area contributed by atoms with Gasteiger partial charge in [0.05, 0.1) is 61.1 Å². The minimum absolute atomic E-state index is 0.566. The van der Waals surface area contributed by atoms with Crippen LogP contribution in [0.15, 0.2) is 219 Å². The van der Waals surface area contributed by atoms with Gasteiger partial charge in [-0.15, -0.1) is 0 Å². The van der Waals surface area contributed by atoms with E-state index in [0.717, 1.165) is 116 Å². The van der Waals surface area contributed by atoms with E-state index in [1.54, 1.807) is 0 Å². The van der Waals surface area contributed by atoms with Crippen molar-refractivity contribution in [2.75, 3.05) is 0 Å². The van der Waals surface area contributed by atoms with E-state index < -0.39 is 0 Å². The fourth-order valence-electron chi connectivity index (χ4n) is 12.1. The van der Waals surface area contributed by atoms with Crippen molar-refractivity contribution in [1.29, 1.82) is 5.26 Å². The van der Waals surface area contributed by atoms with Crippen LogP contribution in [0.2, 0.25) is 0 Å². The van der Waals surface area contributed by atoms with Crippen LogP contribution in [0.4, 0.5) is 0 Å². The van der Waals surface area contributed by atoms with Gasteiger partial charge in [-0.25, -0.2) is 0 Å². The van der Waals surface area contributed by atoms with E-state index in [2.05, 4.69) is 224 Å². The summed E-state index contributed by atoms with van der Waals surface area (Å²) in [5.41, 5.74) is 15.9. The fraction of sp³-hybridized carbons (Fsp3) is 0.0156. The molecule has 0 bridgehead atoms. The molecule has 330 valence electrons. The molecule has 0 spiro atoms. The molecule has 15 rings (SSSR count). The van der Waals surface area contributed by atoms with E-state index in [0.29, 0.717) is 5.56 Å². The Morgan fingerprint density at radius 2 is 0.859 bits per heavy atom. The van der Waals surface area contributed by atoms with Crippen LogP contribution in [0.3, 0.4) is 0 Å². The third-order valence-electron chi connectivity index (χ3n) is 14.9. The highest BCUT2D eigenvalue weighted by Crippen LogP contribution is 2.48. The molecule has 0 fully saturated rings. The molecule has 0 unspecified atom stereocenters. The summed E-state index contributed by atoms with van der Waals surface area (Å²) >= 11 is 0. The molecule has 6 heterocycles. The minimum atomic E-state index is 0.566. The Bertz CT molecular complexity index is 4770. The summed E-state index contributed by atoms with van der Waals surface area (Å²) in [5, 5.41) is 23.0. The predicted molar refractivity (Wildman–Crippen MR) is 292 cm³/mol. The van der Waals surface area contributed by atoms with Crippen molar-refractivity contribution in [3.05, 3.63) is 230 Å². The Kier molecular flexibility index (Phi) is 8.22. The summed E-state index contributed by atoms with van der Waals surface area (Å²) in [5.74, 6) is 0. The van der Waals surface area contributed by atoms with Crippen LogP contribution in [0, 0.1) is 18.3 Å². The van der Waals surface area contributed by atoms with E-state index >= 15 is 0 Å². The lowest BCUT2D eigenvalue weighted by atomic mass is 9.91. The highest BCUT2D eigenvalue weighted by molar-refractivity contribution is 6.28. The topological polar surface area (TPSA) is 69.3 Å². The van der Waals surface area contributed by atoms with Gasteiger partial charge in [0.25, 0.3) is 0 Å². The second-order valence-electron chi connectivity index (χ2n) is 18.5. The molecule has 0 N–H and O–H groups in total. The first-order valence-electron chi connectivity index (χ1n) is 24.0. The molecule has 9 aromatic carbocycles. The SMILES string of the molecule is Cc1c(-n2c3ccccc3c3c2ccc2c4ccccc4n(-c4ccccc4)c23)cc(-n2c3ccccc3c3c2ccc2c4ccccc4n(-c4ccccc4)c23)c(C#N)c1-c1cncc2cnccc12. The monoisotopic (exact) mass is 905 g/mol. The molecule has 0 aliphatic rings.